The van der Waals surface area contributed by atoms with Crippen molar-refractivity contribution in [3.8, 4) is 0 Å². The molecule has 3 nitrogen and oxygen atoms in total. The lowest BCUT2D eigenvalue weighted by molar-refractivity contribution is -0.114. The van der Waals surface area contributed by atoms with Gasteiger partial charge in [-0.25, -0.2) is 0 Å². The van der Waals surface area contributed by atoms with Crippen LogP contribution in [0.1, 0.15) is 20.3 Å². The Hall–Kier alpha value is -0.860. The first-order valence-electron chi connectivity index (χ1n) is 3.51. The third kappa shape index (κ3) is 2.62. The predicted octanol–water partition coefficient (Wildman–Crippen LogP) is 0.603. The number of hydrogen-bond donors (Lipinski definition) is 1. The molecule has 10 heavy (non-hydrogen) atoms. The van der Waals surface area contributed by atoms with E-state index in [1.54, 1.807) is 7.05 Å². The van der Waals surface area contributed by atoms with E-state index in [1.807, 2.05) is 13.8 Å². The summed E-state index contributed by atoms with van der Waals surface area (Å²) >= 11 is 0. The summed E-state index contributed by atoms with van der Waals surface area (Å²) in [5, 5.41) is 2.53. The van der Waals surface area contributed by atoms with Gasteiger partial charge in [-0.1, -0.05) is 6.92 Å². The molecule has 0 bridgehead atoms. The molecule has 3 heteroatoms. The minimum Gasteiger partial charge on any atom is -0.354 e. The lowest BCUT2D eigenvalue weighted by atomic mass is 10.3. The number of carbonyl (C=O) groups is 1. The van der Waals surface area contributed by atoms with Crippen LogP contribution in [0.3, 0.4) is 0 Å². The first-order valence-corrected chi connectivity index (χ1v) is 3.51. The largest absolute Gasteiger partial charge is 0.354 e. The summed E-state index contributed by atoms with van der Waals surface area (Å²) in [4.78, 5) is 14.9. The highest BCUT2D eigenvalue weighted by Gasteiger charge is 2.03. The van der Waals surface area contributed by atoms with Crippen LogP contribution in [0, 0.1) is 0 Å². The Labute approximate surface area is 61.5 Å². The number of rotatable bonds is 3. The lowest BCUT2D eigenvalue weighted by Gasteiger charge is -1.99. The molecule has 0 atom stereocenters. The normalized spacial score (nSPS) is 11.3. The molecule has 0 saturated heterocycles. The van der Waals surface area contributed by atoms with Crippen molar-refractivity contribution in [3.63, 3.8) is 0 Å². The summed E-state index contributed by atoms with van der Waals surface area (Å²) in [5.74, 6) is -0.0654. The molecule has 0 spiro atoms. The maximum absolute atomic E-state index is 10.9. The first kappa shape index (κ1) is 9.14. The fourth-order valence-corrected chi connectivity index (χ4v) is 0.679. The van der Waals surface area contributed by atoms with Crippen molar-refractivity contribution in [1.29, 1.82) is 0 Å². The van der Waals surface area contributed by atoms with Gasteiger partial charge in [0.2, 0.25) is 0 Å². The molecule has 0 aliphatic heterocycles. The highest BCUT2D eigenvalue weighted by molar-refractivity contribution is 6.38. The highest BCUT2D eigenvalue weighted by atomic mass is 16.1. The van der Waals surface area contributed by atoms with Crippen molar-refractivity contribution >= 4 is 11.6 Å². The van der Waals surface area contributed by atoms with E-state index in [0.29, 0.717) is 18.7 Å². The van der Waals surface area contributed by atoms with Crippen molar-refractivity contribution in [1.82, 2.24) is 5.32 Å². The van der Waals surface area contributed by atoms with E-state index in [4.69, 9.17) is 0 Å². The maximum Gasteiger partial charge on any atom is 0.264 e. The minimum atomic E-state index is -0.0654. The van der Waals surface area contributed by atoms with Gasteiger partial charge < -0.3 is 5.32 Å². The third-order valence-electron chi connectivity index (χ3n) is 1.17. The Bertz CT molecular complexity index is 141. The second-order valence-corrected chi connectivity index (χ2v) is 1.85. The molecule has 0 fully saturated rings. The maximum atomic E-state index is 10.9. The summed E-state index contributed by atoms with van der Waals surface area (Å²) < 4.78 is 0. The summed E-state index contributed by atoms with van der Waals surface area (Å²) in [7, 11) is 1.61. The van der Waals surface area contributed by atoms with E-state index in [1.165, 1.54) is 0 Å². The summed E-state index contributed by atoms with van der Waals surface area (Å²) in [6, 6.07) is 0. The second kappa shape index (κ2) is 4.97. The Kier molecular flexibility index (Phi) is 4.54. The molecule has 0 aromatic carbocycles. The fourth-order valence-electron chi connectivity index (χ4n) is 0.679. The third-order valence-corrected chi connectivity index (χ3v) is 1.17. The molecular formula is C7H14N2O. The van der Waals surface area contributed by atoms with Crippen molar-refractivity contribution in [2.45, 2.75) is 20.3 Å². The predicted molar refractivity (Wildman–Crippen MR) is 42.3 cm³/mol. The first-order chi connectivity index (χ1) is 4.76. The number of aliphatic imine (C=N–C) groups is 1. The van der Waals surface area contributed by atoms with Gasteiger partial charge >= 0.3 is 0 Å². The molecule has 0 saturated carbocycles. The van der Waals surface area contributed by atoms with Crippen molar-refractivity contribution < 1.29 is 4.79 Å². The van der Waals surface area contributed by atoms with Gasteiger partial charge in [0.05, 0.1) is 5.71 Å². The van der Waals surface area contributed by atoms with Gasteiger partial charge in [0, 0.05) is 13.6 Å². The Balaban J connectivity index is 4.06. The second-order valence-electron chi connectivity index (χ2n) is 1.85. The molecule has 0 radical (unpaired) electrons. The molecule has 1 N–H and O–H groups in total. The zero-order valence-electron chi connectivity index (χ0n) is 6.77. The topological polar surface area (TPSA) is 41.5 Å². The van der Waals surface area contributed by atoms with Gasteiger partial charge in [0.1, 0.15) is 0 Å². The van der Waals surface area contributed by atoms with Gasteiger partial charge in [0.25, 0.3) is 5.91 Å². The monoisotopic (exact) mass is 142 g/mol. The van der Waals surface area contributed by atoms with Gasteiger partial charge in [-0.15, -0.1) is 0 Å². The van der Waals surface area contributed by atoms with Gasteiger partial charge in [-0.2, -0.15) is 0 Å². The highest BCUT2D eigenvalue weighted by Crippen LogP contribution is 1.85. The van der Waals surface area contributed by atoms with Crippen LogP contribution >= 0.6 is 0 Å². The quantitative estimate of drug-likeness (QED) is 0.576. The molecule has 0 aromatic heterocycles. The molecule has 0 rings (SSSR count). The zero-order valence-corrected chi connectivity index (χ0v) is 6.77. The van der Waals surface area contributed by atoms with Crippen LogP contribution in [0.2, 0.25) is 0 Å². The number of nitrogens with one attached hydrogen (secondary N) is 1. The van der Waals surface area contributed by atoms with E-state index in [2.05, 4.69) is 10.3 Å². The molecule has 0 aliphatic rings. The van der Waals surface area contributed by atoms with Crippen LogP contribution in [-0.2, 0) is 4.79 Å². The molecule has 0 unspecified atom stereocenters. The van der Waals surface area contributed by atoms with Crippen LogP contribution in [0.4, 0.5) is 0 Å². The standard InChI is InChI=1S/C7H14N2O/c1-4-6(9-5-2)7(10)8-3/h4-5H2,1-3H3,(H,8,10). The van der Waals surface area contributed by atoms with E-state index >= 15 is 0 Å². The molecule has 0 heterocycles. The molecule has 58 valence electrons. The van der Waals surface area contributed by atoms with E-state index in [-0.39, 0.29) is 5.91 Å². The fraction of sp³-hybridized carbons (Fsp3) is 0.714. The Morgan fingerprint density at radius 1 is 1.50 bits per heavy atom. The summed E-state index contributed by atoms with van der Waals surface area (Å²) in [5.41, 5.74) is 0.630. The van der Waals surface area contributed by atoms with Crippen LogP contribution in [0.15, 0.2) is 4.99 Å². The summed E-state index contributed by atoms with van der Waals surface area (Å²) in [6.45, 7) is 4.51. The van der Waals surface area contributed by atoms with Crippen molar-refractivity contribution in [2.24, 2.45) is 4.99 Å². The van der Waals surface area contributed by atoms with Gasteiger partial charge in [0.15, 0.2) is 0 Å². The minimum absolute atomic E-state index is 0.0654. The number of carbonyl (C=O) groups excluding carboxylic acids is 1. The van der Waals surface area contributed by atoms with Crippen LogP contribution in [0.5, 0.6) is 0 Å². The van der Waals surface area contributed by atoms with Crippen molar-refractivity contribution in [3.05, 3.63) is 0 Å². The SMILES string of the molecule is CCN=C(CC)C(=O)NC. The Morgan fingerprint density at radius 3 is 2.40 bits per heavy atom. The summed E-state index contributed by atoms with van der Waals surface area (Å²) in [6.07, 6.45) is 0.702. The van der Waals surface area contributed by atoms with E-state index < -0.39 is 0 Å². The van der Waals surface area contributed by atoms with Crippen molar-refractivity contribution in [2.75, 3.05) is 13.6 Å². The van der Waals surface area contributed by atoms with Gasteiger partial charge in [-0.05, 0) is 13.3 Å². The lowest BCUT2D eigenvalue weighted by Crippen LogP contribution is -2.27. The molecular weight excluding hydrogens is 128 g/mol. The van der Waals surface area contributed by atoms with Crippen LogP contribution < -0.4 is 5.32 Å². The van der Waals surface area contributed by atoms with Crippen LogP contribution in [0.25, 0.3) is 0 Å². The molecule has 1 amide bonds. The number of hydrogen-bond acceptors (Lipinski definition) is 2. The van der Waals surface area contributed by atoms with E-state index in [9.17, 15) is 4.79 Å². The number of amides is 1. The number of nitrogens with zero attached hydrogens (tertiary/aromatic N) is 1. The van der Waals surface area contributed by atoms with Gasteiger partial charge in [-0.3, -0.25) is 9.79 Å². The van der Waals surface area contributed by atoms with E-state index in [0.717, 1.165) is 0 Å². The average Bonchev–Trinajstić information content (AvgIpc) is 1.99. The zero-order chi connectivity index (χ0) is 7.98. The average molecular weight is 142 g/mol. The Morgan fingerprint density at radius 2 is 2.10 bits per heavy atom. The smallest absolute Gasteiger partial charge is 0.264 e. The molecule has 0 aromatic rings. The molecule has 0 aliphatic carbocycles. The van der Waals surface area contributed by atoms with Crippen LogP contribution in [-0.4, -0.2) is 25.2 Å².